The second kappa shape index (κ2) is 6.78. The monoisotopic (exact) mass is 299 g/mol. The van der Waals surface area contributed by atoms with Crippen LogP contribution in [0, 0.1) is 11.3 Å². The number of carbonyl (C=O) groups excluding carboxylic acids is 1. The van der Waals surface area contributed by atoms with Crippen molar-refractivity contribution in [2.75, 3.05) is 17.2 Å². The Morgan fingerprint density at radius 1 is 1.24 bits per heavy atom. The van der Waals surface area contributed by atoms with Crippen LogP contribution in [0.4, 0.5) is 11.4 Å². The van der Waals surface area contributed by atoms with E-state index in [-0.39, 0.29) is 5.91 Å². The molecule has 2 aromatic rings. The Kier molecular flexibility index (Phi) is 4.81. The van der Waals surface area contributed by atoms with E-state index < -0.39 is 0 Å². The highest BCUT2D eigenvalue weighted by Crippen LogP contribution is 2.22. The van der Waals surface area contributed by atoms with Crippen molar-refractivity contribution in [3.8, 4) is 6.07 Å². The van der Waals surface area contributed by atoms with Crippen LogP contribution in [0.3, 0.4) is 0 Å². The third kappa shape index (κ3) is 3.53. The Hall–Kier alpha value is -2.51. The molecular weight excluding hydrogens is 286 g/mol. The smallest absolute Gasteiger partial charge is 0.257 e. The molecule has 2 aromatic carbocycles. The van der Waals surface area contributed by atoms with E-state index in [0.29, 0.717) is 28.4 Å². The lowest BCUT2D eigenvalue weighted by atomic mass is 10.1. The average molecular weight is 300 g/mol. The maximum Gasteiger partial charge on any atom is 0.257 e. The second-order valence-electron chi connectivity index (χ2n) is 4.33. The molecule has 0 aliphatic heterocycles. The van der Waals surface area contributed by atoms with Gasteiger partial charge in [0.1, 0.15) is 6.07 Å². The number of nitriles is 1. The van der Waals surface area contributed by atoms with Crippen molar-refractivity contribution in [1.82, 2.24) is 0 Å². The van der Waals surface area contributed by atoms with Crippen LogP contribution in [-0.4, -0.2) is 12.5 Å². The molecule has 0 aliphatic carbocycles. The largest absolute Gasteiger partial charge is 0.385 e. The molecule has 0 spiro atoms. The van der Waals surface area contributed by atoms with Crippen molar-refractivity contribution >= 4 is 28.9 Å². The summed E-state index contributed by atoms with van der Waals surface area (Å²) in [6.45, 7) is 2.67. The predicted octanol–water partition coefficient (Wildman–Crippen LogP) is 3.90. The molecule has 1 amide bonds. The molecule has 0 aliphatic rings. The van der Waals surface area contributed by atoms with Crippen LogP contribution in [0.2, 0.25) is 5.02 Å². The Morgan fingerprint density at radius 2 is 2.00 bits per heavy atom. The number of nitrogens with zero attached hydrogens (tertiary/aromatic N) is 1. The van der Waals surface area contributed by atoms with E-state index >= 15 is 0 Å². The average Bonchev–Trinajstić information content (AvgIpc) is 2.48. The van der Waals surface area contributed by atoms with Crippen molar-refractivity contribution in [1.29, 1.82) is 5.26 Å². The lowest BCUT2D eigenvalue weighted by Gasteiger charge is -2.12. The van der Waals surface area contributed by atoms with E-state index in [2.05, 4.69) is 10.6 Å². The standard InChI is InChI=1S/C16H14ClN3O/c1-2-19-14-6-4-3-5-13(14)16(21)20-15-9-12(17)8-7-11(15)10-18/h3-9,19H,2H2,1H3,(H,20,21). The minimum Gasteiger partial charge on any atom is -0.385 e. The zero-order valence-corrected chi connectivity index (χ0v) is 12.2. The first kappa shape index (κ1) is 14.9. The fourth-order valence-electron chi connectivity index (χ4n) is 1.93. The van der Waals surface area contributed by atoms with Gasteiger partial charge in [-0.3, -0.25) is 4.79 Å². The Balaban J connectivity index is 2.31. The highest BCUT2D eigenvalue weighted by molar-refractivity contribution is 6.31. The van der Waals surface area contributed by atoms with E-state index in [0.717, 1.165) is 5.69 Å². The van der Waals surface area contributed by atoms with Crippen LogP contribution in [0.1, 0.15) is 22.8 Å². The van der Waals surface area contributed by atoms with E-state index in [1.807, 2.05) is 25.1 Å². The fourth-order valence-corrected chi connectivity index (χ4v) is 2.10. The molecular formula is C16H14ClN3O. The number of nitrogens with one attached hydrogen (secondary N) is 2. The van der Waals surface area contributed by atoms with Crippen molar-refractivity contribution < 1.29 is 4.79 Å². The van der Waals surface area contributed by atoms with E-state index in [4.69, 9.17) is 16.9 Å². The molecule has 0 saturated carbocycles. The van der Waals surface area contributed by atoms with Gasteiger partial charge in [-0.25, -0.2) is 0 Å². The van der Waals surface area contributed by atoms with E-state index in [9.17, 15) is 4.79 Å². The molecule has 0 aromatic heterocycles. The summed E-state index contributed by atoms with van der Waals surface area (Å²) in [6.07, 6.45) is 0. The Labute approximate surface area is 128 Å². The maximum atomic E-state index is 12.4. The first-order valence-corrected chi connectivity index (χ1v) is 6.87. The van der Waals surface area contributed by atoms with Gasteiger partial charge in [-0.2, -0.15) is 5.26 Å². The second-order valence-corrected chi connectivity index (χ2v) is 4.77. The Morgan fingerprint density at radius 3 is 2.71 bits per heavy atom. The number of anilines is 2. The summed E-state index contributed by atoms with van der Waals surface area (Å²) in [7, 11) is 0. The van der Waals surface area contributed by atoms with Crippen LogP contribution in [0.15, 0.2) is 42.5 Å². The molecule has 0 saturated heterocycles. The summed E-state index contributed by atoms with van der Waals surface area (Å²) in [6, 6.07) is 14.0. The SMILES string of the molecule is CCNc1ccccc1C(=O)Nc1cc(Cl)ccc1C#N. The number of hydrogen-bond acceptors (Lipinski definition) is 3. The molecule has 0 unspecified atom stereocenters. The summed E-state index contributed by atoms with van der Waals surface area (Å²) in [4.78, 5) is 12.4. The molecule has 21 heavy (non-hydrogen) atoms. The van der Waals surface area contributed by atoms with Gasteiger partial charge in [0, 0.05) is 17.3 Å². The number of amides is 1. The molecule has 2 N–H and O–H groups in total. The zero-order valence-electron chi connectivity index (χ0n) is 11.5. The third-order valence-corrected chi connectivity index (χ3v) is 3.12. The molecule has 0 bridgehead atoms. The van der Waals surface area contributed by atoms with Gasteiger partial charge in [0.15, 0.2) is 0 Å². The van der Waals surface area contributed by atoms with Gasteiger partial charge >= 0.3 is 0 Å². The van der Waals surface area contributed by atoms with Gasteiger partial charge in [0.25, 0.3) is 5.91 Å². The maximum absolute atomic E-state index is 12.4. The topological polar surface area (TPSA) is 64.9 Å². The normalized spacial score (nSPS) is 9.76. The van der Waals surface area contributed by atoms with Crippen LogP contribution < -0.4 is 10.6 Å². The molecule has 106 valence electrons. The number of benzene rings is 2. The minimum atomic E-state index is -0.287. The van der Waals surface area contributed by atoms with Gasteiger partial charge in [-0.1, -0.05) is 23.7 Å². The van der Waals surface area contributed by atoms with Crippen LogP contribution in [0.5, 0.6) is 0 Å². The lowest BCUT2D eigenvalue weighted by molar-refractivity contribution is 0.102. The molecule has 0 heterocycles. The number of rotatable bonds is 4. The van der Waals surface area contributed by atoms with Crippen molar-refractivity contribution in [2.24, 2.45) is 0 Å². The van der Waals surface area contributed by atoms with Crippen molar-refractivity contribution in [3.63, 3.8) is 0 Å². The summed E-state index contributed by atoms with van der Waals surface area (Å²) in [5.74, 6) is -0.287. The number of hydrogen-bond donors (Lipinski definition) is 2. The highest BCUT2D eigenvalue weighted by Gasteiger charge is 2.13. The third-order valence-electron chi connectivity index (χ3n) is 2.89. The van der Waals surface area contributed by atoms with Gasteiger partial charge < -0.3 is 10.6 Å². The van der Waals surface area contributed by atoms with Gasteiger partial charge in [-0.05, 0) is 37.3 Å². The zero-order chi connectivity index (χ0) is 15.2. The number of carbonyl (C=O) groups is 1. The summed E-state index contributed by atoms with van der Waals surface area (Å²) >= 11 is 5.91. The Bertz CT molecular complexity index is 707. The van der Waals surface area contributed by atoms with Crippen molar-refractivity contribution in [3.05, 3.63) is 58.6 Å². The first-order valence-electron chi connectivity index (χ1n) is 6.49. The molecule has 2 rings (SSSR count). The number of para-hydroxylation sites is 1. The van der Waals surface area contributed by atoms with Gasteiger partial charge in [-0.15, -0.1) is 0 Å². The molecule has 0 radical (unpaired) electrons. The lowest BCUT2D eigenvalue weighted by Crippen LogP contribution is -2.15. The summed E-state index contributed by atoms with van der Waals surface area (Å²) < 4.78 is 0. The summed E-state index contributed by atoms with van der Waals surface area (Å²) in [5, 5.41) is 15.4. The van der Waals surface area contributed by atoms with E-state index in [1.165, 1.54) is 0 Å². The first-order chi connectivity index (χ1) is 10.2. The quantitative estimate of drug-likeness (QED) is 0.900. The van der Waals surface area contributed by atoms with E-state index in [1.54, 1.807) is 30.3 Å². The molecule has 0 atom stereocenters. The highest BCUT2D eigenvalue weighted by atomic mass is 35.5. The van der Waals surface area contributed by atoms with Crippen molar-refractivity contribution in [2.45, 2.75) is 6.92 Å². The predicted molar refractivity (Wildman–Crippen MR) is 84.7 cm³/mol. The fraction of sp³-hybridized carbons (Fsp3) is 0.125. The molecule has 4 nitrogen and oxygen atoms in total. The van der Waals surface area contributed by atoms with Gasteiger partial charge in [0.2, 0.25) is 0 Å². The minimum absolute atomic E-state index is 0.287. The van der Waals surface area contributed by atoms with Crippen LogP contribution >= 0.6 is 11.6 Å². The van der Waals surface area contributed by atoms with Crippen LogP contribution in [-0.2, 0) is 0 Å². The molecule has 0 fully saturated rings. The van der Waals surface area contributed by atoms with Crippen LogP contribution in [0.25, 0.3) is 0 Å². The van der Waals surface area contributed by atoms with Gasteiger partial charge in [0.05, 0.1) is 16.8 Å². The number of halogens is 1. The molecule has 5 heteroatoms. The summed E-state index contributed by atoms with van der Waals surface area (Å²) in [5.41, 5.74) is 2.04.